The first kappa shape index (κ1) is 15.3. The molecule has 0 aromatic rings. The zero-order valence-electron chi connectivity index (χ0n) is 13.8. The van der Waals surface area contributed by atoms with Gasteiger partial charge < -0.3 is 5.32 Å². The molecule has 2 bridgehead atoms. The van der Waals surface area contributed by atoms with Gasteiger partial charge in [-0.3, -0.25) is 4.90 Å². The van der Waals surface area contributed by atoms with E-state index in [4.69, 9.17) is 0 Å². The maximum Gasteiger partial charge on any atom is 0.00988 e. The van der Waals surface area contributed by atoms with E-state index in [1.165, 1.54) is 45.2 Å². The van der Waals surface area contributed by atoms with Crippen LogP contribution in [0.25, 0.3) is 0 Å². The van der Waals surface area contributed by atoms with Crippen LogP contribution < -0.4 is 5.32 Å². The summed E-state index contributed by atoms with van der Waals surface area (Å²) in [5, 5.41) is 3.76. The molecule has 2 fully saturated rings. The predicted molar refractivity (Wildman–Crippen MR) is 83.5 cm³/mol. The minimum absolute atomic E-state index is 0.236. The van der Waals surface area contributed by atoms with Crippen molar-refractivity contribution in [1.29, 1.82) is 0 Å². The molecule has 112 valence electrons. The van der Waals surface area contributed by atoms with Crippen molar-refractivity contribution < 1.29 is 0 Å². The molecule has 1 N–H and O–H groups in total. The van der Waals surface area contributed by atoms with E-state index in [-0.39, 0.29) is 5.54 Å². The molecule has 2 heteroatoms. The van der Waals surface area contributed by atoms with E-state index >= 15 is 0 Å². The third-order valence-corrected chi connectivity index (χ3v) is 5.55. The fraction of sp³-hybridized carbons (Fsp3) is 1.00. The van der Waals surface area contributed by atoms with E-state index in [9.17, 15) is 0 Å². The average Bonchev–Trinajstić information content (AvgIpc) is 2.95. The molecule has 1 saturated heterocycles. The molecule has 1 heterocycles. The molecule has 1 aliphatic heterocycles. The summed E-state index contributed by atoms with van der Waals surface area (Å²) in [5.74, 6) is 1.02. The molecule has 0 aromatic carbocycles. The zero-order chi connectivity index (χ0) is 14.1. The van der Waals surface area contributed by atoms with E-state index in [1.54, 1.807) is 0 Å². The highest BCUT2D eigenvalue weighted by Crippen LogP contribution is 2.40. The Morgan fingerprint density at radius 1 is 1.11 bits per heavy atom. The molecule has 2 atom stereocenters. The van der Waals surface area contributed by atoms with E-state index in [0.29, 0.717) is 5.41 Å². The van der Waals surface area contributed by atoms with Gasteiger partial charge in [0, 0.05) is 31.2 Å². The van der Waals surface area contributed by atoms with Crippen molar-refractivity contribution in [3.05, 3.63) is 0 Å². The van der Waals surface area contributed by atoms with Crippen LogP contribution in [0.1, 0.15) is 66.7 Å². The highest BCUT2D eigenvalue weighted by molar-refractivity contribution is 4.96. The smallest absolute Gasteiger partial charge is 0.00988 e. The van der Waals surface area contributed by atoms with Crippen molar-refractivity contribution >= 4 is 0 Å². The van der Waals surface area contributed by atoms with Crippen LogP contribution >= 0.6 is 0 Å². The van der Waals surface area contributed by atoms with E-state index in [2.05, 4.69) is 44.8 Å². The number of nitrogens with zero attached hydrogens (tertiary/aromatic N) is 1. The molecule has 0 aromatic heterocycles. The molecule has 2 nitrogen and oxygen atoms in total. The normalized spacial score (nSPS) is 28.3. The van der Waals surface area contributed by atoms with E-state index in [1.807, 2.05) is 0 Å². The Hall–Kier alpha value is -0.0800. The summed E-state index contributed by atoms with van der Waals surface area (Å²) < 4.78 is 0. The van der Waals surface area contributed by atoms with Crippen molar-refractivity contribution in [2.45, 2.75) is 78.3 Å². The van der Waals surface area contributed by atoms with Gasteiger partial charge in [-0.25, -0.2) is 0 Å². The number of rotatable bonds is 6. The van der Waals surface area contributed by atoms with E-state index in [0.717, 1.165) is 18.5 Å². The quantitative estimate of drug-likeness (QED) is 0.789. The molecule has 2 aliphatic rings. The summed E-state index contributed by atoms with van der Waals surface area (Å²) in [6, 6.07) is 0.914. The van der Waals surface area contributed by atoms with Crippen molar-refractivity contribution in [3.8, 4) is 0 Å². The zero-order valence-corrected chi connectivity index (χ0v) is 13.8. The number of nitrogens with one attached hydrogen (secondary N) is 1. The first-order chi connectivity index (χ1) is 8.87. The summed E-state index contributed by atoms with van der Waals surface area (Å²) in [6.07, 6.45) is 7.02. The highest BCUT2D eigenvalue weighted by Gasteiger charge is 2.41. The number of fused-ring (bicyclic) bond motifs is 2. The molecule has 2 rings (SSSR count). The van der Waals surface area contributed by atoms with Crippen LogP contribution in [0.3, 0.4) is 0 Å². The fourth-order valence-corrected chi connectivity index (χ4v) is 3.88. The van der Waals surface area contributed by atoms with Crippen molar-refractivity contribution in [2.24, 2.45) is 11.3 Å². The van der Waals surface area contributed by atoms with Gasteiger partial charge >= 0.3 is 0 Å². The van der Waals surface area contributed by atoms with Gasteiger partial charge in [-0.1, -0.05) is 13.8 Å². The van der Waals surface area contributed by atoms with Gasteiger partial charge in [0.15, 0.2) is 0 Å². The molecule has 0 amide bonds. The number of likely N-dealkylation sites (tertiary alicyclic amines) is 1. The topological polar surface area (TPSA) is 15.3 Å². The van der Waals surface area contributed by atoms with Crippen LogP contribution in [-0.4, -0.2) is 36.1 Å². The fourth-order valence-electron chi connectivity index (χ4n) is 3.88. The largest absolute Gasteiger partial charge is 0.311 e. The number of hydrogen-bond donors (Lipinski definition) is 1. The van der Waals surface area contributed by atoms with Crippen molar-refractivity contribution in [1.82, 2.24) is 10.2 Å². The minimum atomic E-state index is 0.236. The molecule has 2 unspecified atom stereocenters. The average molecular weight is 266 g/mol. The molecule has 0 spiro atoms. The highest BCUT2D eigenvalue weighted by atomic mass is 15.2. The molecule has 1 saturated carbocycles. The summed E-state index contributed by atoms with van der Waals surface area (Å²) in [7, 11) is 0. The Morgan fingerprint density at radius 2 is 1.79 bits per heavy atom. The van der Waals surface area contributed by atoms with Crippen molar-refractivity contribution in [2.75, 3.05) is 19.6 Å². The van der Waals surface area contributed by atoms with E-state index < -0.39 is 0 Å². The SMILES string of the molecule is CCC(CC)(CNC(C)(C)C)CN1CC2CCC1C2. The molecule has 1 aliphatic carbocycles. The standard InChI is InChI=1S/C17H34N2/c1-6-17(7-2,12-18-16(3,4)5)13-19-11-14-8-9-15(19)10-14/h14-15,18H,6-13H2,1-5H3. The number of piperidine rings is 1. The van der Waals surface area contributed by atoms with Crippen molar-refractivity contribution in [3.63, 3.8) is 0 Å². The lowest BCUT2D eigenvalue weighted by Gasteiger charge is -2.41. The van der Waals surface area contributed by atoms with Crippen LogP contribution in [0, 0.1) is 11.3 Å². The second kappa shape index (κ2) is 5.73. The Labute approximate surface area is 120 Å². The Bertz CT molecular complexity index is 288. The third-order valence-electron chi connectivity index (χ3n) is 5.55. The lowest BCUT2D eigenvalue weighted by Crippen LogP contribution is -2.49. The van der Waals surface area contributed by atoms with Crippen LogP contribution in [0.4, 0.5) is 0 Å². The first-order valence-corrected chi connectivity index (χ1v) is 8.36. The second-order valence-corrected chi connectivity index (χ2v) is 8.07. The van der Waals surface area contributed by atoms with Gasteiger partial charge in [0.25, 0.3) is 0 Å². The minimum Gasteiger partial charge on any atom is -0.311 e. The van der Waals surface area contributed by atoms with Crippen LogP contribution in [0.2, 0.25) is 0 Å². The van der Waals surface area contributed by atoms with Crippen LogP contribution in [0.5, 0.6) is 0 Å². The Morgan fingerprint density at radius 3 is 2.21 bits per heavy atom. The maximum atomic E-state index is 3.76. The Balaban J connectivity index is 1.94. The second-order valence-electron chi connectivity index (χ2n) is 8.07. The van der Waals surface area contributed by atoms with Crippen LogP contribution in [-0.2, 0) is 0 Å². The lowest BCUT2D eigenvalue weighted by molar-refractivity contribution is 0.102. The number of hydrogen-bond acceptors (Lipinski definition) is 2. The molecule has 19 heavy (non-hydrogen) atoms. The summed E-state index contributed by atoms with van der Waals surface area (Å²) in [4.78, 5) is 2.81. The van der Waals surface area contributed by atoms with Gasteiger partial charge in [0.1, 0.15) is 0 Å². The molecular formula is C17H34N2. The molecular weight excluding hydrogens is 232 g/mol. The predicted octanol–water partition coefficient (Wildman–Crippen LogP) is 3.67. The van der Waals surface area contributed by atoms with Gasteiger partial charge in [-0.2, -0.15) is 0 Å². The monoisotopic (exact) mass is 266 g/mol. The molecule has 0 radical (unpaired) electrons. The lowest BCUT2D eigenvalue weighted by atomic mass is 9.80. The third kappa shape index (κ3) is 3.72. The van der Waals surface area contributed by atoms with Gasteiger partial charge in [-0.05, 0) is 64.2 Å². The summed E-state index contributed by atoms with van der Waals surface area (Å²) in [5.41, 5.74) is 0.706. The Kier molecular flexibility index (Phi) is 4.62. The first-order valence-electron chi connectivity index (χ1n) is 8.36. The van der Waals surface area contributed by atoms with Crippen LogP contribution in [0.15, 0.2) is 0 Å². The van der Waals surface area contributed by atoms with Gasteiger partial charge in [0.2, 0.25) is 0 Å². The van der Waals surface area contributed by atoms with Gasteiger partial charge in [-0.15, -0.1) is 0 Å². The maximum absolute atomic E-state index is 3.76. The van der Waals surface area contributed by atoms with Gasteiger partial charge in [0.05, 0.1) is 0 Å². The summed E-state index contributed by atoms with van der Waals surface area (Å²) in [6.45, 7) is 15.4. The summed E-state index contributed by atoms with van der Waals surface area (Å²) >= 11 is 0.